The van der Waals surface area contributed by atoms with Crippen molar-refractivity contribution in [1.29, 1.82) is 0 Å². The maximum Gasteiger partial charge on any atom is 0.315 e. The molecule has 0 radical (unpaired) electrons. The molecule has 0 amide bonds. The van der Waals surface area contributed by atoms with Gasteiger partial charge in [-0.25, -0.2) is 0 Å². The fraction of sp³-hybridized carbons (Fsp3) is 0.462. The molecule has 1 aromatic rings. The Morgan fingerprint density at radius 2 is 2.12 bits per heavy atom. The Morgan fingerprint density at radius 3 is 2.69 bits per heavy atom. The number of carbonyl (C=O) groups is 1. The molecule has 3 heteroatoms. The van der Waals surface area contributed by atoms with Crippen LogP contribution in [0.25, 0.3) is 0 Å². The first-order chi connectivity index (χ1) is 7.52. The third kappa shape index (κ3) is 2.61. The van der Waals surface area contributed by atoms with Crippen LogP contribution in [0.15, 0.2) is 24.3 Å². The molecule has 0 unspecified atom stereocenters. The summed E-state index contributed by atoms with van der Waals surface area (Å²) in [5.41, 5.74) is 0.980. The average molecular weight is 222 g/mol. The van der Waals surface area contributed by atoms with Crippen molar-refractivity contribution in [3.05, 3.63) is 35.4 Å². The summed E-state index contributed by atoms with van der Waals surface area (Å²) in [6.07, 6.45) is 0. The number of benzene rings is 1. The molecule has 0 saturated carbocycles. The molecule has 0 atom stereocenters. The molecular formula is C13H18O3. The standard InChI is InChI=1S/C13H18O3/c1-4-16-12(15)13(2,3)11-7-5-6-10(8-11)9-14/h5-8,14H,4,9H2,1-3H3. The number of hydrogen-bond donors (Lipinski definition) is 1. The first-order valence-electron chi connectivity index (χ1n) is 5.40. The second-order valence-corrected chi connectivity index (χ2v) is 4.20. The number of ether oxygens (including phenoxy) is 1. The number of aliphatic hydroxyl groups is 1. The molecule has 0 bridgehead atoms. The minimum atomic E-state index is -0.679. The van der Waals surface area contributed by atoms with Gasteiger partial charge in [-0.05, 0) is 31.9 Å². The van der Waals surface area contributed by atoms with E-state index in [9.17, 15) is 4.79 Å². The smallest absolute Gasteiger partial charge is 0.315 e. The van der Waals surface area contributed by atoms with E-state index in [0.29, 0.717) is 6.61 Å². The topological polar surface area (TPSA) is 46.5 Å². The second kappa shape index (κ2) is 5.12. The first-order valence-corrected chi connectivity index (χ1v) is 5.40. The lowest BCUT2D eigenvalue weighted by atomic mass is 9.84. The van der Waals surface area contributed by atoms with Crippen molar-refractivity contribution in [2.45, 2.75) is 32.8 Å². The van der Waals surface area contributed by atoms with Gasteiger partial charge in [-0.2, -0.15) is 0 Å². The molecule has 16 heavy (non-hydrogen) atoms. The van der Waals surface area contributed by atoms with E-state index in [-0.39, 0.29) is 12.6 Å². The summed E-state index contributed by atoms with van der Waals surface area (Å²) in [7, 11) is 0. The maximum absolute atomic E-state index is 11.8. The van der Waals surface area contributed by atoms with Crippen LogP contribution >= 0.6 is 0 Å². The van der Waals surface area contributed by atoms with E-state index < -0.39 is 5.41 Å². The Bertz CT molecular complexity index is 369. The third-order valence-electron chi connectivity index (χ3n) is 2.62. The quantitative estimate of drug-likeness (QED) is 0.793. The summed E-state index contributed by atoms with van der Waals surface area (Å²) in [4.78, 5) is 11.8. The highest BCUT2D eigenvalue weighted by molar-refractivity contribution is 5.82. The van der Waals surface area contributed by atoms with Gasteiger partial charge >= 0.3 is 5.97 Å². The van der Waals surface area contributed by atoms with E-state index >= 15 is 0 Å². The van der Waals surface area contributed by atoms with Gasteiger partial charge < -0.3 is 9.84 Å². The van der Waals surface area contributed by atoms with Gasteiger partial charge in [0, 0.05) is 0 Å². The van der Waals surface area contributed by atoms with Crippen molar-refractivity contribution in [3.63, 3.8) is 0 Å². The second-order valence-electron chi connectivity index (χ2n) is 4.20. The lowest BCUT2D eigenvalue weighted by Crippen LogP contribution is -2.31. The lowest BCUT2D eigenvalue weighted by Gasteiger charge is -2.23. The molecule has 0 saturated heterocycles. The van der Waals surface area contributed by atoms with Gasteiger partial charge in [0.05, 0.1) is 18.6 Å². The fourth-order valence-electron chi connectivity index (χ4n) is 1.49. The Balaban J connectivity index is 3.01. The molecule has 0 aromatic heterocycles. The number of aliphatic hydroxyl groups excluding tert-OH is 1. The van der Waals surface area contributed by atoms with Crippen molar-refractivity contribution in [1.82, 2.24) is 0 Å². The van der Waals surface area contributed by atoms with E-state index in [2.05, 4.69) is 0 Å². The van der Waals surface area contributed by atoms with Crippen LogP contribution < -0.4 is 0 Å². The summed E-state index contributed by atoms with van der Waals surface area (Å²) in [5.74, 6) is -0.245. The molecule has 0 spiro atoms. The third-order valence-corrected chi connectivity index (χ3v) is 2.62. The molecule has 0 aliphatic heterocycles. The predicted octanol–water partition coefficient (Wildman–Crippen LogP) is 2.02. The van der Waals surface area contributed by atoms with Crippen molar-refractivity contribution in [2.75, 3.05) is 6.61 Å². The van der Waals surface area contributed by atoms with Crippen molar-refractivity contribution in [2.24, 2.45) is 0 Å². The highest BCUT2D eigenvalue weighted by atomic mass is 16.5. The van der Waals surface area contributed by atoms with Crippen molar-refractivity contribution < 1.29 is 14.6 Å². The molecule has 3 nitrogen and oxygen atoms in total. The van der Waals surface area contributed by atoms with E-state index in [0.717, 1.165) is 11.1 Å². The SMILES string of the molecule is CCOC(=O)C(C)(C)c1cccc(CO)c1. The molecule has 0 aliphatic rings. The highest BCUT2D eigenvalue weighted by Crippen LogP contribution is 2.25. The van der Waals surface area contributed by atoms with Crippen molar-refractivity contribution >= 4 is 5.97 Å². The van der Waals surface area contributed by atoms with Gasteiger partial charge in [-0.15, -0.1) is 0 Å². The molecule has 1 rings (SSSR count). The van der Waals surface area contributed by atoms with Crippen LogP contribution in [0.4, 0.5) is 0 Å². The number of hydrogen-bond acceptors (Lipinski definition) is 3. The highest BCUT2D eigenvalue weighted by Gasteiger charge is 2.31. The number of rotatable bonds is 4. The van der Waals surface area contributed by atoms with E-state index in [1.807, 2.05) is 38.1 Å². The van der Waals surface area contributed by atoms with E-state index in [4.69, 9.17) is 9.84 Å². The zero-order valence-corrected chi connectivity index (χ0v) is 9.99. The summed E-state index contributed by atoms with van der Waals surface area (Å²) in [6.45, 7) is 5.79. The molecule has 1 aromatic carbocycles. The number of carbonyl (C=O) groups excluding carboxylic acids is 1. The van der Waals surface area contributed by atoms with Crippen LogP contribution in [-0.2, 0) is 21.6 Å². The van der Waals surface area contributed by atoms with E-state index in [1.165, 1.54) is 0 Å². The maximum atomic E-state index is 11.8. The van der Waals surface area contributed by atoms with Crippen LogP contribution in [-0.4, -0.2) is 17.7 Å². The normalized spacial score (nSPS) is 11.2. The van der Waals surface area contributed by atoms with E-state index in [1.54, 1.807) is 6.92 Å². The van der Waals surface area contributed by atoms with Gasteiger partial charge in [0.15, 0.2) is 0 Å². The Hall–Kier alpha value is -1.35. The molecule has 88 valence electrons. The average Bonchev–Trinajstić information content (AvgIpc) is 2.29. The van der Waals surface area contributed by atoms with Crippen molar-refractivity contribution in [3.8, 4) is 0 Å². The minimum Gasteiger partial charge on any atom is -0.465 e. The van der Waals surface area contributed by atoms with Gasteiger partial charge in [-0.1, -0.05) is 24.3 Å². The Kier molecular flexibility index (Phi) is 4.07. The fourth-order valence-corrected chi connectivity index (χ4v) is 1.49. The van der Waals surface area contributed by atoms with Gasteiger partial charge in [-0.3, -0.25) is 4.79 Å². The zero-order chi connectivity index (χ0) is 12.2. The summed E-state index contributed by atoms with van der Waals surface area (Å²) in [5, 5.41) is 9.05. The summed E-state index contributed by atoms with van der Waals surface area (Å²) in [6, 6.07) is 7.36. The van der Waals surface area contributed by atoms with Crippen LogP contribution in [0.2, 0.25) is 0 Å². The number of esters is 1. The largest absolute Gasteiger partial charge is 0.465 e. The minimum absolute atomic E-state index is 0.0211. The predicted molar refractivity (Wildman–Crippen MR) is 62.0 cm³/mol. The Morgan fingerprint density at radius 1 is 1.44 bits per heavy atom. The van der Waals surface area contributed by atoms with Crippen LogP contribution in [0.5, 0.6) is 0 Å². The molecule has 0 fully saturated rings. The molecule has 1 N–H and O–H groups in total. The zero-order valence-electron chi connectivity index (χ0n) is 9.99. The lowest BCUT2D eigenvalue weighted by molar-refractivity contribution is -0.148. The monoisotopic (exact) mass is 222 g/mol. The summed E-state index contributed by atoms with van der Waals surface area (Å²) >= 11 is 0. The Labute approximate surface area is 96.1 Å². The van der Waals surface area contributed by atoms with Gasteiger partial charge in [0.2, 0.25) is 0 Å². The summed E-state index contributed by atoms with van der Waals surface area (Å²) < 4.78 is 5.03. The molecular weight excluding hydrogens is 204 g/mol. The first kappa shape index (κ1) is 12.7. The molecule has 0 aliphatic carbocycles. The van der Waals surface area contributed by atoms with Gasteiger partial charge in [0.1, 0.15) is 0 Å². The van der Waals surface area contributed by atoms with Gasteiger partial charge in [0.25, 0.3) is 0 Å². The van der Waals surface area contributed by atoms with Crippen LogP contribution in [0.1, 0.15) is 31.9 Å². The molecule has 0 heterocycles. The van der Waals surface area contributed by atoms with Crippen LogP contribution in [0, 0.1) is 0 Å². The van der Waals surface area contributed by atoms with Crippen LogP contribution in [0.3, 0.4) is 0 Å².